The van der Waals surface area contributed by atoms with Crippen LogP contribution in [0, 0.1) is 5.21 Å². The largest absolute Gasteiger partial charge is 0.733 e. The second-order valence-electron chi connectivity index (χ2n) is 8.08. The molecule has 11 nitrogen and oxygen atoms in total. The number of pyridine rings is 2. The Bertz CT molecular complexity index is 1190. The number of halogens is 1. The van der Waals surface area contributed by atoms with E-state index in [1.807, 2.05) is 48.3 Å². The summed E-state index contributed by atoms with van der Waals surface area (Å²) >= 11 is 3.47. The number of amides is 1. The van der Waals surface area contributed by atoms with Crippen LogP contribution in [-0.2, 0) is 4.79 Å². The predicted octanol–water partition coefficient (Wildman–Crippen LogP) is 2.98. The summed E-state index contributed by atoms with van der Waals surface area (Å²) in [6.45, 7) is 2.79. The predicted molar refractivity (Wildman–Crippen MR) is 140 cm³/mol. The molecule has 0 atom stereocenters. The molecule has 0 bridgehead atoms. The minimum atomic E-state index is -0.318. The van der Waals surface area contributed by atoms with Gasteiger partial charge in [0.15, 0.2) is 5.82 Å². The fourth-order valence-corrected chi connectivity index (χ4v) is 4.01. The Labute approximate surface area is 211 Å². The van der Waals surface area contributed by atoms with Gasteiger partial charge in [-0.3, -0.25) is 14.9 Å². The number of anilines is 5. The summed E-state index contributed by atoms with van der Waals surface area (Å²) in [4.78, 5) is 25.4. The Kier molecular flexibility index (Phi) is 7.66. The number of hydrogen-bond donors (Lipinski definition) is 4. The molecule has 0 radical (unpaired) electrons. The number of nitrogens with zero attached hydrogens (tertiary/aromatic N) is 5. The van der Waals surface area contributed by atoms with Gasteiger partial charge in [-0.25, -0.2) is 9.97 Å². The van der Waals surface area contributed by atoms with Gasteiger partial charge in [-0.1, -0.05) is 28.1 Å². The normalized spacial score (nSPS) is 14.2. The number of hydrogen-bond acceptors (Lipinski definition) is 10. The van der Waals surface area contributed by atoms with E-state index in [2.05, 4.69) is 31.5 Å². The van der Waals surface area contributed by atoms with Gasteiger partial charge in [0.2, 0.25) is 5.91 Å². The number of piperazine rings is 1. The van der Waals surface area contributed by atoms with Gasteiger partial charge in [-0.15, -0.1) is 0 Å². The third kappa shape index (κ3) is 5.98. The van der Waals surface area contributed by atoms with Crippen molar-refractivity contribution in [2.45, 2.75) is 0 Å². The summed E-state index contributed by atoms with van der Waals surface area (Å²) in [5.74, 6) is 1.11. The number of rotatable bonds is 8. The van der Waals surface area contributed by atoms with Crippen molar-refractivity contribution in [1.29, 1.82) is 0 Å². The van der Waals surface area contributed by atoms with Gasteiger partial charge in [0, 0.05) is 36.2 Å². The molecule has 12 heteroatoms. The Morgan fingerprint density at radius 3 is 2.34 bits per heavy atom. The first-order valence-corrected chi connectivity index (χ1v) is 11.8. The van der Waals surface area contributed by atoms with Crippen LogP contribution in [0.4, 0.5) is 28.8 Å². The van der Waals surface area contributed by atoms with Crippen LogP contribution >= 0.6 is 15.9 Å². The molecule has 0 aliphatic carbocycles. The van der Waals surface area contributed by atoms with E-state index in [-0.39, 0.29) is 22.6 Å². The van der Waals surface area contributed by atoms with Crippen molar-refractivity contribution in [1.82, 2.24) is 14.9 Å². The average molecular weight is 542 g/mol. The minimum Gasteiger partial charge on any atom is -0.733 e. The first-order chi connectivity index (χ1) is 16.8. The van der Waals surface area contributed by atoms with E-state index in [0.29, 0.717) is 37.8 Å². The Morgan fingerprint density at radius 2 is 1.71 bits per heavy atom. The molecule has 1 fully saturated rings. The lowest BCUT2D eigenvalue weighted by Gasteiger charge is -2.33. The van der Waals surface area contributed by atoms with Crippen LogP contribution in [0.15, 0.2) is 53.0 Å². The molecular formula is C23H26BrN8O3-. The van der Waals surface area contributed by atoms with Gasteiger partial charge < -0.3 is 31.7 Å². The SMILES string of the molecule is CN1CCN(c2ccc(NCCNc3ccc(N([O-])O)c(N)n3)nc2-c2ccc(Br)cc2)C(=O)C1. The number of benzene rings is 1. The van der Waals surface area contributed by atoms with E-state index in [0.717, 1.165) is 28.0 Å². The number of aromatic nitrogens is 2. The van der Waals surface area contributed by atoms with E-state index in [1.54, 1.807) is 11.0 Å². The lowest BCUT2D eigenvalue weighted by molar-refractivity contribution is -0.120. The second kappa shape index (κ2) is 10.9. The van der Waals surface area contributed by atoms with Gasteiger partial charge in [-0.2, -0.15) is 0 Å². The van der Waals surface area contributed by atoms with Crippen molar-refractivity contribution < 1.29 is 10.0 Å². The second-order valence-corrected chi connectivity index (χ2v) is 9.00. The first-order valence-electron chi connectivity index (χ1n) is 11.0. The van der Waals surface area contributed by atoms with Gasteiger partial charge in [0.1, 0.15) is 11.6 Å². The molecule has 0 saturated carbocycles. The number of likely N-dealkylation sites (N-methyl/N-ethyl adjacent to an activating group) is 1. The van der Waals surface area contributed by atoms with Crippen molar-refractivity contribution in [3.63, 3.8) is 0 Å². The standard InChI is InChI=1S/C23H26BrN8O3/c1-30-12-13-31(21(33)14-30)17-6-8-19(28-22(17)15-2-4-16(24)5-3-15)26-10-11-27-20-9-7-18(32(34)35)23(25)29-20/h2-9,34H,10-14H2,1H3,(H,26,28)(H3,25,27,29)/q-1. The number of nitrogen functional groups attached to an aromatic ring is 1. The summed E-state index contributed by atoms with van der Waals surface area (Å²) in [6, 6.07) is 14.6. The van der Waals surface area contributed by atoms with Crippen LogP contribution in [0.1, 0.15) is 0 Å². The molecule has 2 aromatic heterocycles. The molecule has 3 heterocycles. The molecular weight excluding hydrogens is 516 g/mol. The third-order valence-electron chi connectivity index (χ3n) is 5.54. The molecule has 5 N–H and O–H groups in total. The lowest BCUT2D eigenvalue weighted by atomic mass is 10.1. The minimum absolute atomic E-state index is 0.0444. The van der Waals surface area contributed by atoms with Crippen molar-refractivity contribution in [2.75, 3.05) is 66.3 Å². The molecule has 0 unspecified atom stereocenters. The van der Waals surface area contributed by atoms with Crippen molar-refractivity contribution in [2.24, 2.45) is 0 Å². The van der Waals surface area contributed by atoms with Crippen molar-refractivity contribution in [3.05, 3.63) is 58.2 Å². The highest BCUT2D eigenvalue weighted by molar-refractivity contribution is 9.10. The zero-order valence-corrected chi connectivity index (χ0v) is 20.7. The molecule has 1 aromatic carbocycles. The highest BCUT2D eigenvalue weighted by atomic mass is 79.9. The maximum absolute atomic E-state index is 12.7. The van der Waals surface area contributed by atoms with E-state index in [9.17, 15) is 10.0 Å². The zero-order chi connectivity index (χ0) is 24.9. The summed E-state index contributed by atoms with van der Waals surface area (Å²) in [7, 11) is 1.94. The first kappa shape index (κ1) is 24.7. The fraction of sp³-hybridized carbons (Fsp3) is 0.261. The molecule has 1 amide bonds. The third-order valence-corrected chi connectivity index (χ3v) is 6.07. The van der Waals surface area contributed by atoms with Crippen LogP contribution in [0.25, 0.3) is 11.3 Å². The lowest BCUT2D eigenvalue weighted by Crippen LogP contribution is -2.49. The highest BCUT2D eigenvalue weighted by Gasteiger charge is 2.26. The van der Waals surface area contributed by atoms with Crippen molar-refractivity contribution in [3.8, 4) is 11.3 Å². The molecule has 4 rings (SSSR count). The smallest absolute Gasteiger partial charge is 0.241 e. The summed E-state index contributed by atoms with van der Waals surface area (Å²) < 4.78 is 0.961. The fourth-order valence-electron chi connectivity index (χ4n) is 3.74. The number of carbonyl (C=O) groups is 1. The molecule has 184 valence electrons. The van der Waals surface area contributed by atoms with Crippen LogP contribution in [0.3, 0.4) is 0 Å². The topological polar surface area (TPSA) is 146 Å². The van der Waals surface area contributed by atoms with E-state index < -0.39 is 0 Å². The van der Waals surface area contributed by atoms with E-state index >= 15 is 0 Å². The molecule has 3 aromatic rings. The zero-order valence-electron chi connectivity index (χ0n) is 19.1. The highest BCUT2D eigenvalue weighted by Crippen LogP contribution is 2.32. The summed E-state index contributed by atoms with van der Waals surface area (Å²) in [5.41, 5.74) is 7.99. The van der Waals surface area contributed by atoms with Gasteiger partial charge in [-0.05, 0) is 43.4 Å². The van der Waals surface area contributed by atoms with Crippen LogP contribution in [0.2, 0.25) is 0 Å². The molecule has 0 spiro atoms. The summed E-state index contributed by atoms with van der Waals surface area (Å²) in [5, 5.41) is 26.0. The van der Waals surface area contributed by atoms with E-state index in [4.69, 9.17) is 15.9 Å². The number of nitrogens with one attached hydrogen (secondary N) is 2. The molecule has 1 aliphatic rings. The van der Waals surface area contributed by atoms with Crippen LogP contribution < -0.4 is 26.5 Å². The summed E-state index contributed by atoms with van der Waals surface area (Å²) in [6.07, 6.45) is 0. The maximum atomic E-state index is 12.7. The van der Waals surface area contributed by atoms with Crippen LogP contribution in [0.5, 0.6) is 0 Å². The molecule has 1 saturated heterocycles. The average Bonchev–Trinajstić information content (AvgIpc) is 2.82. The van der Waals surface area contributed by atoms with E-state index in [1.165, 1.54) is 6.07 Å². The Hall–Kier alpha value is -3.45. The monoisotopic (exact) mass is 541 g/mol. The molecule has 1 aliphatic heterocycles. The maximum Gasteiger partial charge on any atom is 0.241 e. The Balaban J connectivity index is 1.47. The van der Waals surface area contributed by atoms with Crippen LogP contribution in [-0.4, -0.2) is 65.8 Å². The number of carbonyl (C=O) groups excluding carboxylic acids is 1. The van der Waals surface area contributed by atoms with Gasteiger partial charge in [0.05, 0.1) is 23.6 Å². The molecule has 35 heavy (non-hydrogen) atoms. The number of nitrogens with two attached hydrogens (primary N) is 1. The van der Waals surface area contributed by atoms with Crippen molar-refractivity contribution >= 4 is 50.7 Å². The Morgan fingerprint density at radius 1 is 1.06 bits per heavy atom. The quantitative estimate of drug-likeness (QED) is 0.248. The van der Waals surface area contributed by atoms with Gasteiger partial charge in [0.25, 0.3) is 0 Å². The van der Waals surface area contributed by atoms with Gasteiger partial charge >= 0.3 is 0 Å².